The van der Waals surface area contributed by atoms with Gasteiger partial charge in [0.25, 0.3) is 5.91 Å². The van der Waals surface area contributed by atoms with Gasteiger partial charge in [-0.2, -0.15) is 13.2 Å². The number of amides is 2. The molecule has 0 saturated carbocycles. The molecule has 4 rings (SSSR count). The van der Waals surface area contributed by atoms with Crippen molar-refractivity contribution in [2.24, 2.45) is 0 Å². The summed E-state index contributed by atoms with van der Waals surface area (Å²) < 4.78 is 49.1. The molecule has 0 aromatic heterocycles. The van der Waals surface area contributed by atoms with Crippen LogP contribution in [0.3, 0.4) is 0 Å². The Morgan fingerprint density at radius 2 is 1.91 bits per heavy atom. The van der Waals surface area contributed by atoms with Crippen LogP contribution in [0, 0.1) is 0 Å². The van der Waals surface area contributed by atoms with Gasteiger partial charge in [0.05, 0.1) is 25.3 Å². The fourth-order valence-electron chi connectivity index (χ4n) is 4.40. The number of alkyl halides is 3. The maximum Gasteiger partial charge on any atom is 0.416 e. The molecule has 2 aromatic carbocycles. The van der Waals surface area contributed by atoms with E-state index in [0.29, 0.717) is 22.6 Å². The number of thioether (sulfide) groups is 1. The van der Waals surface area contributed by atoms with E-state index in [1.807, 2.05) is 13.8 Å². The highest BCUT2D eigenvalue weighted by Gasteiger charge is 2.58. The van der Waals surface area contributed by atoms with Gasteiger partial charge in [-0.05, 0) is 37.6 Å². The van der Waals surface area contributed by atoms with Crippen LogP contribution in [0.4, 0.5) is 13.2 Å². The summed E-state index contributed by atoms with van der Waals surface area (Å²) in [5, 5.41) is 2.33. The summed E-state index contributed by atoms with van der Waals surface area (Å²) in [5.74, 6) is -0.0425. The number of fused-ring (bicyclic) bond motifs is 3. The predicted molar refractivity (Wildman–Crippen MR) is 117 cm³/mol. The number of hydrogen-bond donors (Lipinski definition) is 1. The minimum atomic E-state index is -4.47. The van der Waals surface area contributed by atoms with Gasteiger partial charge in [0, 0.05) is 16.9 Å². The first kappa shape index (κ1) is 23.3. The second-order valence-electron chi connectivity index (χ2n) is 8.37. The minimum absolute atomic E-state index is 0.0865. The molecule has 0 radical (unpaired) electrons. The van der Waals surface area contributed by atoms with Crippen LogP contribution < -0.4 is 14.8 Å². The highest BCUT2D eigenvalue weighted by molar-refractivity contribution is 8.01. The van der Waals surface area contributed by atoms with Crippen LogP contribution in [-0.4, -0.2) is 41.7 Å². The summed E-state index contributed by atoms with van der Waals surface area (Å²) in [4.78, 5) is 28.2. The van der Waals surface area contributed by atoms with E-state index < -0.39 is 28.4 Å². The molecule has 10 heteroatoms. The third-order valence-electron chi connectivity index (χ3n) is 5.87. The number of halogens is 3. The maximum atomic E-state index is 13.4. The van der Waals surface area contributed by atoms with Crippen LogP contribution in [0.15, 0.2) is 36.4 Å². The average Bonchev–Trinajstić information content (AvgIpc) is 3.19. The summed E-state index contributed by atoms with van der Waals surface area (Å²) in [5.41, 5.74) is 0.641. The van der Waals surface area contributed by atoms with E-state index in [0.717, 1.165) is 17.7 Å². The van der Waals surface area contributed by atoms with Crippen molar-refractivity contribution in [3.8, 4) is 11.5 Å². The molecule has 2 amide bonds. The summed E-state index contributed by atoms with van der Waals surface area (Å²) in [6.07, 6.45) is -4.47. The quantitative estimate of drug-likeness (QED) is 0.688. The molecule has 1 saturated heterocycles. The Kier molecular flexibility index (Phi) is 5.76. The van der Waals surface area contributed by atoms with Crippen LogP contribution in [-0.2, 0) is 17.5 Å². The van der Waals surface area contributed by atoms with E-state index in [1.165, 1.54) is 43.0 Å². The van der Waals surface area contributed by atoms with E-state index in [2.05, 4.69) is 5.32 Å². The fourth-order valence-corrected chi connectivity index (χ4v) is 5.98. The van der Waals surface area contributed by atoms with Crippen molar-refractivity contribution in [3.05, 3.63) is 58.7 Å². The van der Waals surface area contributed by atoms with Gasteiger partial charge in [0.2, 0.25) is 5.91 Å². The first-order valence-electron chi connectivity index (χ1n) is 10.2. The van der Waals surface area contributed by atoms with Gasteiger partial charge in [-0.15, -0.1) is 11.8 Å². The zero-order valence-corrected chi connectivity index (χ0v) is 19.3. The summed E-state index contributed by atoms with van der Waals surface area (Å²) in [7, 11) is 2.93. The smallest absolute Gasteiger partial charge is 0.416 e. The SMILES string of the molecule is COc1ccc2c(c1OC)C(=O)N1C2SC(C)(C)C1C(=O)NCc1cccc(C(F)(F)F)c1. The molecule has 2 aliphatic heterocycles. The second-order valence-corrected chi connectivity index (χ2v) is 10.1. The van der Waals surface area contributed by atoms with Crippen LogP contribution in [0.2, 0.25) is 0 Å². The zero-order valence-electron chi connectivity index (χ0n) is 18.4. The van der Waals surface area contributed by atoms with Crippen molar-refractivity contribution in [1.82, 2.24) is 10.2 Å². The molecule has 2 atom stereocenters. The maximum absolute atomic E-state index is 13.4. The largest absolute Gasteiger partial charge is 0.493 e. The molecule has 0 spiro atoms. The lowest BCUT2D eigenvalue weighted by molar-refractivity contribution is -0.137. The molecule has 2 aromatic rings. The van der Waals surface area contributed by atoms with Crippen molar-refractivity contribution in [1.29, 1.82) is 0 Å². The molecule has 0 aliphatic carbocycles. The van der Waals surface area contributed by atoms with E-state index in [9.17, 15) is 22.8 Å². The number of nitrogens with one attached hydrogen (secondary N) is 1. The van der Waals surface area contributed by atoms with Gasteiger partial charge >= 0.3 is 6.18 Å². The molecule has 2 aliphatic rings. The van der Waals surface area contributed by atoms with Crippen LogP contribution >= 0.6 is 11.8 Å². The number of carbonyl (C=O) groups is 2. The van der Waals surface area contributed by atoms with Gasteiger partial charge in [0.1, 0.15) is 11.4 Å². The molecular weight excluding hydrogens is 457 g/mol. The third-order valence-corrected chi connectivity index (χ3v) is 7.40. The molecule has 6 nitrogen and oxygen atoms in total. The van der Waals surface area contributed by atoms with Gasteiger partial charge in [-0.1, -0.05) is 18.2 Å². The minimum Gasteiger partial charge on any atom is -0.493 e. The van der Waals surface area contributed by atoms with Crippen molar-refractivity contribution >= 4 is 23.6 Å². The molecule has 176 valence electrons. The number of methoxy groups -OCH3 is 2. The Balaban J connectivity index is 1.60. The highest BCUT2D eigenvalue weighted by Crippen LogP contribution is 2.58. The second kappa shape index (κ2) is 8.16. The zero-order chi connectivity index (χ0) is 24.1. The van der Waals surface area contributed by atoms with Crippen LogP contribution in [0.5, 0.6) is 11.5 Å². The molecule has 0 bridgehead atoms. The fraction of sp³-hybridized carbons (Fsp3) is 0.391. The third kappa shape index (κ3) is 3.90. The van der Waals surface area contributed by atoms with Crippen LogP contribution in [0.25, 0.3) is 0 Å². The van der Waals surface area contributed by atoms with Crippen molar-refractivity contribution in [3.63, 3.8) is 0 Å². The normalized spacial score (nSPS) is 20.9. The number of nitrogens with zero attached hydrogens (tertiary/aromatic N) is 1. The van der Waals surface area contributed by atoms with Crippen LogP contribution in [0.1, 0.15) is 46.3 Å². The van der Waals surface area contributed by atoms with E-state index in [-0.39, 0.29) is 17.8 Å². The Labute approximate surface area is 193 Å². The molecular formula is C23H23F3N2O4S. The van der Waals surface area contributed by atoms with E-state index in [1.54, 1.807) is 12.1 Å². The topological polar surface area (TPSA) is 67.9 Å². The summed E-state index contributed by atoms with van der Waals surface area (Å²) >= 11 is 1.48. The molecule has 33 heavy (non-hydrogen) atoms. The summed E-state index contributed by atoms with van der Waals surface area (Å²) in [6.45, 7) is 3.66. The first-order chi connectivity index (χ1) is 15.5. The number of benzene rings is 2. The van der Waals surface area contributed by atoms with Gasteiger partial charge < -0.3 is 19.7 Å². The molecule has 2 unspecified atom stereocenters. The average molecular weight is 481 g/mol. The lowest BCUT2D eigenvalue weighted by atomic mass is 10.0. The monoisotopic (exact) mass is 480 g/mol. The number of hydrogen-bond acceptors (Lipinski definition) is 5. The van der Waals surface area contributed by atoms with Gasteiger partial charge in [0.15, 0.2) is 11.5 Å². The lowest BCUT2D eigenvalue weighted by Gasteiger charge is -2.29. The Morgan fingerprint density at radius 1 is 1.18 bits per heavy atom. The Morgan fingerprint density at radius 3 is 2.55 bits per heavy atom. The van der Waals surface area contributed by atoms with Gasteiger partial charge in [-0.3, -0.25) is 9.59 Å². The van der Waals surface area contributed by atoms with E-state index in [4.69, 9.17) is 9.47 Å². The predicted octanol–water partition coefficient (Wildman–Crippen LogP) is 4.39. The first-order valence-corrected chi connectivity index (χ1v) is 11.1. The molecule has 2 heterocycles. The van der Waals surface area contributed by atoms with E-state index >= 15 is 0 Å². The summed E-state index contributed by atoms with van der Waals surface area (Å²) in [6, 6.07) is 7.50. The number of ether oxygens (including phenoxy) is 2. The van der Waals surface area contributed by atoms with Crippen molar-refractivity contribution < 1.29 is 32.2 Å². The lowest BCUT2D eigenvalue weighted by Crippen LogP contribution is -2.52. The Hall–Kier alpha value is -2.88. The molecule has 1 fully saturated rings. The van der Waals surface area contributed by atoms with Crippen molar-refractivity contribution in [2.75, 3.05) is 14.2 Å². The van der Waals surface area contributed by atoms with Gasteiger partial charge in [-0.25, -0.2) is 0 Å². The van der Waals surface area contributed by atoms with Crippen molar-refractivity contribution in [2.45, 2.75) is 42.7 Å². The number of carbonyl (C=O) groups excluding carboxylic acids is 2. The number of rotatable bonds is 5. The Bertz CT molecular complexity index is 1120. The standard InChI is InChI=1S/C23H23F3N2O4S/c1-22(2)18(19(29)27-11-12-6-5-7-13(10-12)23(24,25)26)28-20(30)16-14(21(28)33-22)8-9-15(31-3)17(16)32-4/h5-10,18,21H,11H2,1-4H3,(H,27,29). The highest BCUT2D eigenvalue weighted by atomic mass is 32.2. The molecule has 1 N–H and O–H groups in total.